The molecule has 2 N–H and O–H groups in total. The monoisotopic (exact) mass is 310 g/mol. The Kier molecular flexibility index (Phi) is 3.92. The van der Waals surface area contributed by atoms with Crippen molar-refractivity contribution < 1.29 is 8.42 Å². The third kappa shape index (κ3) is 2.73. The maximum Gasteiger partial charge on any atom is 0.266 e. The molecule has 2 aromatic rings. The summed E-state index contributed by atoms with van der Waals surface area (Å²) in [4.78, 5) is 0.00748. The van der Waals surface area contributed by atoms with Crippen LogP contribution in [0.2, 0.25) is 5.02 Å². The van der Waals surface area contributed by atoms with Crippen molar-refractivity contribution in [1.29, 1.82) is 0 Å². The van der Waals surface area contributed by atoms with Crippen LogP contribution in [0.3, 0.4) is 0 Å². The van der Waals surface area contributed by atoms with Gasteiger partial charge in [0.2, 0.25) is 0 Å². The van der Waals surface area contributed by atoms with Crippen LogP contribution in [-0.4, -0.2) is 15.5 Å². The maximum atomic E-state index is 12.6. The topological polar surface area (TPSA) is 63.4 Å². The van der Waals surface area contributed by atoms with Gasteiger partial charge in [0.1, 0.15) is 4.90 Å². The number of rotatable bonds is 3. The summed E-state index contributed by atoms with van der Waals surface area (Å²) in [7, 11) is -2.25. The molecule has 6 heteroatoms. The smallest absolute Gasteiger partial charge is 0.266 e. The van der Waals surface area contributed by atoms with Gasteiger partial charge in [0, 0.05) is 12.1 Å². The summed E-state index contributed by atoms with van der Waals surface area (Å²) in [6, 6.07) is 11.6. The van der Waals surface area contributed by atoms with Gasteiger partial charge in [-0.05, 0) is 37.3 Å². The molecule has 2 rings (SSSR count). The van der Waals surface area contributed by atoms with Crippen molar-refractivity contribution in [3.8, 4) is 0 Å². The van der Waals surface area contributed by atoms with Crippen LogP contribution >= 0.6 is 11.6 Å². The van der Waals surface area contributed by atoms with Crippen LogP contribution in [0.1, 0.15) is 5.56 Å². The second-order valence-corrected chi connectivity index (χ2v) is 6.86. The molecule has 0 unspecified atom stereocenters. The van der Waals surface area contributed by atoms with E-state index in [1.54, 1.807) is 18.2 Å². The molecule has 0 aliphatic heterocycles. The number of nitrogens with two attached hydrogens (primary N) is 1. The first-order valence-corrected chi connectivity index (χ1v) is 7.75. The number of benzene rings is 2. The van der Waals surface area contributed by atoms with Gasteiger partial charge in [-0.2, -0.15) is 0 Å². The molecule has 0 heterocycles. The second kappa shape index (κ2) is 5.34. The lowest BCUT2D eigenvalue weighted by Crippen LogP contribution is -2.27. The molecule has 0 atom stereocenters. The fraction of sp³-hybridized carbons (Fsp3) is 0.143. The molecular formula is C14H15ClN2O2S. The highest BCUT2D eigenvalue weighted by atomic mass is 35.5. The molecule has 0 spiro atoms. The predicted octanol–water partition coefficient (Wildman–Crippen LogP) is 3.06. The van der Waals surface area contributed by atoms with Gasteiger partial charge in [-0.1, -0.05) is 29.3 Å². The zero-order valence-corrected chi connectivity index (χ0v) is 12.7. The van der Waals surface area contributed by atoms with Gasteiger partial charge in [0.15, 0.2) is 0 Å². The summed E-state index contributed by atoms with van der Waals surface area (Å²) >= 11 is 5.86. The van der Waals surface area contributed by atoms with Crippen molar-refractivity contribution in [2.45, 2.75) is 11.8 Å². The van der Waals surface area contributed by atoms with Gasteiger partial charge in [0.05, 0.1) is 11.4 Å². The molecule has 0 aromatic heterocycles. The van der Waals surface area contributed by atoms with E-state index in [-0.39, 0.29) is 10.6 Å². The van der Waals surface area contributed by atoms with Crippen molar-refractivity contribution in [3.05, 3.63) is 53.1 Å². The van der Waals surface area contributed by atoms with Crippen molar-refractivity contribution >= 4 is 33.0 Å². The molecule has 0 aliphatic carbocycles. The van der Waals surface area contributed by atoms with E-state index in [0.717, 1.165) is 5.56 Å². The van der Waals surface area contributed by atoms with Gasteiger partial charge in [-0.15, -0.1) is 0 Å². The highest BCUT2D eigenvalue weighted by Crippen LogP contribution is 2.28. The van der Waals surface area contributed by atoms with Crippen molar-refractivity contribution in [3.63, 3.8) is 0 Å². The summed E-state index contributed by atoms with van der Waals surface area (Å²) in [5.41, 5.74) is 7.55. The molecule has 20 heavy (non-hydrogen) atoms. The maximum absolute atomic E-state index is 12.6. The van der Waals surface area contributed by atoms with E-state index in [1.807, 2.05) is 19.1 Å². The Morgan fingerprint density at radius 3 is 2.30 bits per heavy atom. The first-order valence-electron chi connectivity index (χ1n) is 5.93. The lowest BCUT2D eigenvalue weighted by atomic mass is 10.2. The van der Waals surface area contributed by atoms with Gasteiger partial charge >= 0.3 is 0 Å². The summed E-state index contributed by atoms with van der Waals surface area (Å²) < 4.78 is 26.3. The van der Waals surface area contributed by atoms with Gasteiger partial charge in [-0.3, -0.25) is 4.31 Å². The first-order chi connectivity index (χ1) is 9.32. The zero-order chi connectivity index (χ0) is 14.9. The molecule has 0 fully saturated rings. The molecule has 2 aromatic carbocycles. The molecule has 106 valence electrons. The van der Waals surface area contributed by atoms with Crippen LogP contribution in [0.5, 0.6) is 0 Å². The van der Waals surface area contributed by atoms with Gasteiger partial charge < -0.3 is 5.73 Å². The minimum absolute atomic E-state index is 0.00748. The van der Waals surface area contributed by atoms with Crippen LogP contribution in [0.4, 0.5) is 11.4 Å². The minimum atomic E-state index is -3.73. The summed E-state index contributed by atoms with van der Waals surface area (Å²) in [5.74, 6) is 0. The third-order valence-corrected chi connectivity index (χ3v) is 5.09. The number of hydrogen-bond acceptors (Lipinski definition) is 3. The molecule has 4 nitrogen and oxygen atoms in total. The van der Waals surface area contributed by atoms with Crippen LogP contribution < -0.4 is 10.0 Å². The Labute approximate surface area is 123 Å². The van der Waals surface area contributed by atoms with E-state index in [1.165, 1.54) is 23.5 Å². The van der Waals surface area contributed by atoms with E-state index in [2.05, 4.69) is 0 Å². The first kappa shape index (κ1) is 14.7. The van der Waals surface area contributed by atoms with Gasteiger partial charge in [-0.25, -0.2) is 8.42 Å². The van der Waals surface area contributed by atoms with E-state index < -0.39 is 10.0 Å². The average molecular weight is 311 g/mol. The van der Waals surface area contributed by atoms with E-state index in [9.17, 15) is 8.42 Å². The number of halogens is 1. The molecule has 0 amide bonds. The quantitative estimate of drug-likeness (QED) is 0.886. The lowest BCUT2D eigenvalue weighted by Gasteiger charge is -2.20. The third-order valence-electron chi connectivity index (χ3n) is 3.01. The number of nitrogens with zero attached hydrogens (tertiary/aromatic N) is 1. The molecular weight excluding hydrogens is 296 g/mol. The Bertz CT molecular complexity index is 727. The Hall–Kier alpha value is -1.72. The summed E-state index contributed by atoms with van der Waals surface area (Å²) in [6.07, 6.45) is 0. The van der Waals surface area contributed by atoms with Crippen molar-refractivity contribution in [1.82, 2.24) is 0 Å². The Balaban J connectivity index is 2.49. The lowest BCUT2D eigenvalue weighted by molar-refractivity contribution is 0.595. The standard InChI is InChI=1S/C14H15ClN2O2S/c1-10-3-6-12(7-4-10)17(2)20(18,19)14-9-11(15)5-8-13(14)16/h3-9H,16H2,1-2H3. The normalized spacial score (nSPS) is 11.3. The fourth-order valence-electron chi connectivity index (χ4n) is 1.77. The van der Waals surface area contributed by atoms with E-state index >= 15 is 0 Å². The predicted molar refractivity (Wildman–Crippen MR) is 82.6 cm³/mol. The largest absolute Gasteiger partial charge is 0.398 e. The molecule has 0 radical (unpaired) electrons. The van der Waals surface area contributed by atoms with Gasteiger partial charge in [0.25, 0.3) is 10.0 Å². The van der Waals surface area contributed by atoms with Crippen LogP contribution in [0.25, 0.3) is 0 Å². The fourth-order valence-corrected chi connectivity index (χ4v) is 3.35. The SMILES string of the molecule is Cc1ccc(N(C)S(=O)(=O)c2cc(Cl)ccc2N)cc1. The number of nitrogen functional groups attached to an aromatic ring is 1. The van der Waals surface area contributed by atoms with Crippen LogP contribution in [0, 0.1) is 6.92 Å². The molecule has 0 aliphatic rings. The Morgan fingerprint density at radius 1 is 1.10 bits per heavy atom. The minimum Gasteiger partial charge on any atom is -0.398 e. The second-order valence-electron chi connectivity index (χ2n) is 4.49. The molecule has 0 saturated heterocycles. The Morgan fingerprint density at radius 2 is 1.70 bits per heavy atom. The van der Waals surface area contributed by atoms with E-state index in [4.69, 9.17) is 17.3 Å². The number of aryl methyl sites for hydroxylation is 1. The van der Waals surface area contributed by atoms with Crippen molar-refractivity contribution in [2.75, 3.05) is 17.1 Å². The average Bonchev–Trinajstić information content (AvgIpc) is 2.41. The zero-order valence-electron chi connectivity index (χ0n) is 11.2. The van der Waals surface area contributed by atoms with Crippen molar-refractivity contribution in [2.24, 2.45) is 0 Å². The summed E-state index contributed by atoms with van der Waals surface area (Å²) in [5, 5.41) is 0.329. The number of anilines is 2. The number of sulfonamides is 1. The van der Waals surface area contributed by atoms with E-state index in [0.29, 0.717) is 10.7 Å². The molecule has 0 bridgehead atoms. The summed E-state index contributed by atoms with van der Waals surface area (Å²) in [6.45, 7) is 1.94. The highest BCUT2D eigenvalue weighted by Gasteiger charge is 2.24. The number of hydrogen-bond donors (Lipinski definition) is 1. The van der Waals surface area contributed by atoms with Crippen LogP contribution in [0.15, 0.2) is 47.4 Å². The highest BCUT2D eigenvalue weighted by molar-refractivity contribution is 7.93. The molecule has 0 saturated carbocycles. The van der Waals surface area contributed by atoms with Crippen LogP contribution in [-0.2, 0) is 10.0 Å².